The highest BCUT2D eigenvalue weighted by Crippen LogP contribution is 2.31. The summed E-state index contributed by atoms with van der Waals surface area (Å²) in [5, 5.41) is 3.38. The Morgan fingerprint density at radius 2 is 1.50 bits per heavy atom. The number of nitrogens with zero attached hydrogens (tertiary/aromatic N) is 1. The van der Waals surface area contributed by atoms with E-state index in [1.807, 2.05) is 41.3 Å². The van der Waals surface area contributed by atoms with Gasteiger partial charge in [0.05, 0.1) is 0 Å². The van der Waals surface area contributed by atoms with Crippen LogP contribution in [0.1, 0.15) is 11.1 Å². The lowest BCUT2D eigenvalue weighted by Gasteiger charge is -2.17. The van der Waals surface area contributed by atoms with E-state index >= 15 is 0 Å². The molecule has 0 spiro atoms. The second-order valence-corrected chi connectivity index (χ2v) is 5.93. The highest BCUT2D eigenvalue weighted by atomic mass is 19.2. The van der Waals surface area contributed by atoms with Crippen molar-refractivity contribution in [2.45, 2.75) is 13.1 Å². The van der Waals surface area contributed by atoms with Crippen molar-refractivity contribution in [2.24, 2.45) is 0 Å². The van der Waals surface area contributed by atoms with Crippen molar-refractivity contribution in [1.82, 2.24) is 0 Å². The summed E-state index contributed by atoms with van der Waals surface area (Å²) in [6.07, 6.45) is 0. The van der Waals surface area contributed by atoms with Gasteiger partial charge < -0.3 is 10.2 Å². The molecule has 1 aliphatic rings. The van der Waals surface area contributed by atoms with Gasteiger partial charge in [0.2, 0.25) is 0 Å². The molecule has 0 aliphatic carbocycles. The third kappa shape index (κ3) is 2.83. The van der Waals surface area contributed by atoms with Crippen molar-refractivity contribution in [3.05, 3.63) is 89.5 Å². The average Bonchev–Trinajstić information content (AvgIpc) is 3.01. The molecule has 3 aromatic rings. The summed E-state index contributed by atoms with van der Waals surface area (Å²) in [6.45, 7) is 1.39. The fraction of sp³-hybridized carbons (Fsp3) is 0.100. The van der Waals surface area contributed by atoms with Gasteiger partial charge in [-0.2, -0.15) is 0 Å². The van der Waals surface area contributed by atoms with Gasteiger partial charge in [-0.1, -0.05) is 24.3 Å². The number of anilines is 3. The van der Waals surface area contributed by atoms with Gasteiger partial charge in [-0.15, -0.1) is 0 Å². The topological polar surface area (TPSA) is 15.3 Å². The molecule has 1 aliphatic heterocycles. The molecule has 0 unspecified atom stereocenters. The highest BCUT2D eigenvalue weighted by Gasteiger charge is 2.20. The molecule has 24 heavy (non-hydrogen) atoms. The standard InChI is InChI=1S/C20H16F2N2/c21-19-9-8-18(11-20(19)22)24-12-14-6-7-17(10-15(14)13-24)23-16-4-2-1-3-5-16/h1-11,23H,12-13H2. The van der Waals surface area contributed by atoms with Crippen molar-refractivity contribution in [3.8, 4) is 0 Å². The van der Waals surface area contributed by atoms with E-state index in [4.69, 9.17) is 0 Å². The average molecular weight is 322 g/mol. The lowest BCUT2D eigenvalue weighted by Crippen LogP contribution is -2.14. The van der Waals surface area contributed by atoms with Gasteiger partial charge in [0.15, 0.2) is 11.6 Å². The molecule has 1 N–H and O–H groups in total. The maximum atomic E-state index is 13.5. The Hall–Kier alpha value is -2.88. The van der Waals surface area contributed by atoms with E-state index < -0.39 is 11.6 Å². The van der Waals surface area contributed by atoms with Gasteiger partial charge in [0.1, 0.15) is 0 Å². The summed E-state index contributed by atoms with van der Waals surface area (Å²) in [7, 11) is 0. The van der Waals surface area contributed by atoms with E-state index in [9.17, 15) is 8.78 Å². The monoisotopic (exact) mass is 322 g/mol. The summed E-state index contributed by atoms with van der Waals surface area (Å²) in [4.78, 5) is 2.04. The maximum absolute atomic E-state index is 13.5. The van der Waals surface area contributed by atoms with Crippen LogP contribution in [0.5, 0.6) is 0 Å². The van der Waals surface area contributed by atoms with Crippen LogP contribution in [0.4, 0.5) is 25.8 Å². The number of fused-ring (bicyclic) bond motifs is 1. The van der Waals surface area contributed by atoms with Gasteiger partial charge in [0, 0.05) is 36.2 Å². The van der Waals surface area contributed by atoms with Crippen LogP contribution in [0.15, 0.2) is 66.7 Å². The van der Waals surface area contributed by atoms with E-state index in [0.29, 0.717) is 18.8 Å². The number of hydrogen-bond acceptors (Lipinski definition) is 2. The Morgan fingerprint density at radius 3 is 2.29 bits per heavy atom. The second-order valence-electron chi connectivity index (χ2n) is 5.93. The number of halogens is 2. The quantitative estimate of drug-likeness (QED) is 0.710. The van der Waals surface area contributed by atoms with Crippen molar-refractivity contribution in [1.29, 1.82) is 0 Å². The Morgan fingerprint density at radius 1 is 0.708 bits per heavy atom. The lowest BCUT2D eigenvalue weighted by atomic mass is 10.1. The molecule has 120 valence electrons. The van der Waals surface area contributed by atoms with Crippen LogP contribution in [0.25, 0.3) is 0 Å². The minimum Gasteiger partial charge on any atom is -0.363 e. The van der Waals surface area contributed by atoms with E-state index in [1.165, 1.54) is 23.3 Å². The Labute approximate surface area is 139 Å². The second kappa shape index (κ2) is 5.96. The molecule has 0 saturated heterocycles. The minimum absolute atomic E-state index is 0.685. The number of nitrogens with one attached hydrogen (secondary N) is 1. The minimum atomic E-state index is -0.815. The molecular weight excluding hydrogens is 306 g/mol. The molecule has 0 amide bonds. The molecule has 0 fully saturated rings. The summed E-state index contributed by atoms with van der Waals surface area (Å²) in [5.74, 6) is -1.63. The predicted octanol–water partition coefficient (Wildman–Crippen LogP) is 5.23. The third-order valence-electron chi connectivity index (χ3n) is 4.26. The van der Waals surface area contributed by atoms with Crippen molar-refractivity contribution in [2.75, 3.05) is 10.2 Å². The van der Waals surface area contributed by atoms with E-state index in [-0.39, 0.29) is 0 Å². The molecule has 3 aromatic carbocycles. The summed E-state index contributed by atoms with van der Waals surface area (Å²) < 4.78 is 26.6. The van der Waals surface area contributed by atoms with E-state index in [2.05, 4.69) is 17.4 Å². The molecule has 0 aromatic heterocycles. The fourth-order valence-electron chi connectivity index (χ4n) is 3.02. The van der Waals surface area contributed by atoms with Crippen LogP contribution in [-0.4, -0.2) is 0 Å². The molecule has 4 rings (SSSR count). The SMILES string of the molecule is Fc1ccc(N2Cc3ccc(Nc4ccccc4)cc3C2)cc1F. The van der Waals surface area contributed by atoms with Crippen molar-refractivity contribution in [3.63, 3.8) is 0 Å². The van der Waals surface area contributed by atoms with Gasteiger partial charge in [-0.3, -0.25) is 0 Å². The summed E-state index contributed by atoms with van der Waals surface area (Å²) in [6, 6.07) is 20.3. The van der Waals surface area contributed by atoms with Crippen molar-refractivity contribution >= 4 is 17.1 Å². The molecule has 0 atom stereocenters. The molecule has 0 radical (unpaired) electrons. The molecule has 0 saturated carbocycles. The summed E-state index contributed by atoms with van der Waals surface area (Å²) in [5.41, 5.74) is 5.15. The van der Waals surface area contributed by atoms with Crippen LogP contribution in [0.2, 0.25) is 0 Å². The zero-order chi connectivity index (χ0) is 16.5. The lowest BCUT2D eigenvalue weighted by molar-refractivity contribution is 0.508. The Balaban J connectivity index is 1.55. The van der Waals surface area contributed by atoms with Gasteiger partial charge in [0.25, 0.3) is 0 Å². The van der Waals surface area contributed by atoms with E-state index in [0.717, 1.165) is 11.4 Å². The third-order valence-corrected chi connectivity index (χ3v) is 4.26. The number of benzene rings is 3. The largest absolute Gasteiger partial charge is 0.363 e. The first-order valence-corrected chi connectivity index (χ1v) is 7.83. The zero-order valence-corrected chi connectivity index (χ0v) is 13.0. The molecular formula is C20H16F2N2. The Kier molecular flexibility index (Phi) is 3.65. The van der Waals surface area contributed by atoms with Crippen LogP contribution in [0, 0.1) is 11.6 Å². The van der Waals surface area contributed by atoms with E-state index in [1.54, 1.807) is 6.07 Å². The first-order chi connectivity index (χ1) is 11.7. The van der Waals surface area contributed by atoms with Gasteiger partial charge in [-0.25, -0.2) is 8.78 Å². The molecule has 2 nitrogen and oxygen atoms in total. The van der Waals surface area contributed by atoms with Gasteiger partial charge >= 0.3 is 0 Å². The van der Waals surface area contributed by atoms with Crippen LogP contribution < -0.4 is 10.2 Å². The smallest absolute Gasteiger partial charge is 0.160 e. The number of rotatable bonds is 3. The van der Waals surface area contributed by atoms with Gasteiger partial charge in [-0.05, 0) is 47.5 Å². The zero-order valence-electron chi connectivity index (χ0n) is 13.0. The molecule has 1 heterocycles. The normalized spacial score (nSPS) is 13.0. The number of hydrogen-bond donors (Lipinski definition) is 1. The predicted molar refractivity (Wildman–Crippen MR) is 92.4 cm³/mol. The first kappa shape index (κ1) is 14.7. The van der Waals surface area contributed by atoms with Crippen molar-refractivity contribution < 1.29 is 8.78 Å². The van der Waals surface area contributed by atoms with Crippen LogP contribution in [0.3, 0.4) is 0 Å². The molecule has 0 bridgehead atoms. The highest BCUT2D eigenvalue weighted by molar-refractivity contribution is 5.63. The first-order valence-electron chi connectivity index (χ1n) is 7.83. The van der Waals surface area contributed by atoms with Crippen LogP contribution in [-0.2, 0) is 13.1 Å². The Bertz CT molecular complexity index is 878. The number of para-hydroxylation sites is 1. The van der Waals surface area contributed by atoms with Crippen LogP contribution >= 0.6 is 0 Å². The molecule has 4 heteroatoms. The summed E-state index contributed by atoms with van der Waals surface area (Å²) >= 11 is 0. The fourth-order valence-corrected chi connectivity index (χ4v) is 3.02. The maximum Gasteiger partial charge on any atom is 0.160 e.